The number of fused-ring (bicyclic) bond motifs is 5. The van der Waals surface area contributed by atoms with Gasteiger partial charge in [0.1, 0.15) is 6.10 Å². The van der Waals surface area contributed by atoms with Crippen LogP contribution < -0.4 is 0 Å². The molecular formula is C21H34O2. The fraction of sp³-hybridized carbons (Fsp3) is 0.952. The van der Waals surface area contributed by atoms with Crippen LogP contribution in [0.5, 0.6) is 0 Å². The molecule has 4 aliphatic carbocycles. The van der Waals surface area contributed by atoms with Gasteiger partial charge in [0.2, 0.25) is 0 Å². The van der Waals surface area contributed by atoms with Gasteiger partial charge in [-0.3, -0.25) is 4.79 Å². The minimum absolute atomic E-state index is 0.0598. The van der Waals surface area contributed by atoms with E-state index in [1.807, 2.05) is 0 Å². The fourth-order valence-corrected chi connectivity index (χ4v) is 7.91. The molecule has 4 aliphatic rings. The Balaban J connectivity index is 1.70. The first-order valence-corrected chi connectivity index (χ1v) is 10.1. The summed E-state index contributed by atoms with van der Waals surface area (Å²) >= 11 is 0. The number of aliphatic hydroxyl groups excluding tert-OH is 1. The molecular weight excluding hydrogens is 284 g/mol. The van der Waals surface area contributed by atoms with Crippen molar-refractivity contribution >= 4 is 5.78 Å². The Hall–Kier alpha value is -0.370. The molecule has 4 saturated carbocycles. The lowest BCUT2D eigenvalue weighted by atomic mass is 9.45. The Morgan fingerprint density at radius 2 is 1.83 bits per heavy atom. The largest absolute Gasteiger partial charge is 0.385 e. The molecule has 0 aromatic heterocycles. The zero-order chi connectivity index (χ0) is 16.4. The van der Waals surface area contributed by atoms with Gasteiger partial charge in [-0.2, -0.15) is 0 Å². The fourth-order valence-electron chi connectivity index (χ4n) is 7.91. The summed E-state index contributed by atoms with van der Waals surface area (Å²) in [6, 6.07) is 0. The number of ketones is 1. The van der Waals surface area contributed by atoms with E-state index in [0.29, 0.717) is 11.3 Å². The molecule has 4 fully saturated rings. The zero-order valence-electron chi connectivity index (χ0n) is 15.2. The van der Waals surface area contributed by atoms with E-state index in [4.69, 9.17) is 0 Å². The van der Waals surface area contributed by atoms with Crippen LogP contribution in [0.1, 0.15) is 78.6 Å². The maximum absolute atomic E-state index is 13.0. The van der Waals surface area contributed by atoms with Crippen molar-refractivity contribution in [3.63, 3.8) is 0 Å². The van der Waals surface area contributed by atoms with E-state index in [2.05, 4.69) is 20.8 Å². The number of Topliss-reactive ketones (excluding diaryl/α,β-unsaturated/α-hetero) is 1. The highest BCUT2D eigenvalue weighted by Crippen LogP contribution is 2.66. The van der Waals surface area contributed by atoms with Gasteiger partial charge in [-0.1, -0.05) is 33.6 Å². The van der Waals surface area contributed by atoms with Crippen LogP contribution in [0.2, 0.25) is 0 Å². The summed E-state index contributed by atoms with van der Waals surface area (Å²) in [5.74, 6) is 2.70. The molecule has 130 valence electrons. The van der Waals surface area contributed by atoms with Gasteiger partial charge in [-0.05, 0) is 79.4 Å². The average molecular weight is 319 g/mol. The lowest BCUT2D eigenvalue weighted by Gasteiger charge is -2.60. The topological polar surface area (TPSA) is 37.3 Å². The van der Waals surface area contributed by atoms with E-state index in [1.54, 1.807) is 0 Å². The summed E-state index contributed by atoms with van der Waals surface area (Å²) in [6.07, 6.45) is 10.8. The second-order valence-electron chi connectivity index (χ2n) is 9.68. The minimum atomic E-state index is -0.689. The normalized spacial score (nSPS) is 55.9. The molecule has 0 aliphatic heterocycles. The van der Waals surface area contributed by atoms with E-state index < -0.39 is 6.10 Å². The van der Waals surface area contributed by atoms with Crippen molar-refractivity contribution in [1.82, 2.24) is 0 Å². The SMILES string of the molecule is CC[C@H]1C(O)C(=O)[C@H]2[C@@H]3CCC4CCCC[C@]4(C)[C@H]3CC[C@]12C. The molecule has 0 aromatic rings. The van der Waals surface area contributed by atoms with E-state index in [9.17, 15) is 9.90 Å². The molecule has 2 heteroatoms. The summed E-state index contributed by atoms with van der Waals surface area (Å²) < 4.78 is 0. The van der Waals surface area contributed by atoms with Crippen molar-refractivity contribution in [2.24, 2.45) is 40.4 Å². The molecule has 0 heterocycles. The second kappa shape index (κ2) is 5.31. The van der Waals surface area contributed by atoms with Crippen molar-refractivity contribution in [2.75, 3.05) is 0 Å². The maximum Gasteiger partial charge on any atom is 0.165 e. The highest BCUT2D eigenvalue weighted by molar-refractivity contribution is 5.89. The maximum atomic E-state index is 13.0. The van der Waals surface area contributed by atoms with Crippen LogP contribution in [0, 0.1) is 40.4 Å². The quantitative estimate of drug-likeness (QED) is 0.767. The van der Waals surface area contributed by atoms with E-state index >= 15 is 0 Å². The van der Waals surface area contributed by atoms with Gasteiger partial charge in [-0.15, -0.1) is 0 Å². The van der Waals surface area contributed by atoms with Crippen LogP contribution in [0.3, 0.4) is 0 Å². The van der Waals surface area contributed by atoms with Crippen LogP contribution >= 0.6 is 0 Å². The molecule has 23 heavy (non-hydrogen) atoms. The summed E-state index contributed by atoms with van der Waals surface area (Å²) in [5.41, 5.74) is 0.530. The van der Waals surface area contributed by atoms with Crippen molar-refractivity contribution in [3.8, 4) is 0 Å². The average Bonchev–Trinajstić information content (AvgIpc) is 2.73. The van der Waals surface area contributed by atoms with Crippen LogP contribution in [0.4, 0.5) is 0 Å². The predicted octanol–water partition coefficient (Wildman–Crippen LogP) is 4.60. The third-order valence-corrected chi connectivity index (χ3v) is 9.06. The first-order chi connectivity index (χ1) is 10.9. The molecule has 1 N–H and O–H groups in total. The number of carbonyl (C=O) groups is 1. The van der Waals surface area contributed by atoms with Gasteiger partial charge in [-0.25, -0.2) is 0 Å². The molecule has 0 saturated heterocycles. The molecule has 0 amide bonds. The first-order valence-electron chi connectivity index (χ1n) is 10.1. The van der Waals surface area contributed by atoms with E-state index in [-0.39, 0.29) is 23.0 Å². The second-order valence-corrected chi connectivity index (χ2v) is 9.68. The number of hydrogen-bond donors (Lipinski definition) is 1. The van der Waals surface area contributed by atoms with Gasteiger partial charge in [0.05, 0.1) is 0 Å². The molecule has 0 bridgehead atoms. The minimum Gasteiger partial charge on any atom is -0.385 e. The Bertz CT molecular complexity index is 500. The lowest BCUT2D eigenvalue weighted by molar-refractivity contribution is -0.142. The highest BCUT2D eigenvalue weighted by Gasteiger charge is 2.64. The van der Waals surface area contributed by atoms with Crippen LogP contribution in [-0.4, -0.2) is 17.0 Å². The number of aliphatic hydroxyl groups is 1. The zero-order valence-corrected chi connectivity index (χ0v) is 15.2. The lowest BCUT2D eigenvalue weighted by Crippen LogP contribution is -2.53. The Morgan fingerprint density at radius 3 is 2.57 bits per heavy atom. The van der Waals surface area contributed by atoms with Gasteiger partial charge < -0.3 is 5.11 Å². The van der Waals surface area contributed by atoms with E-state index in [0.717, 1.165) is 24.7 Å². The van der Waals surface area contributed by atoms with E-state index in [1.165, 1.54) is 44.9 Å². The molecule has 4 rings (SSSR count). The smallest absolute Gasteiger partial charge is 0.165 e. The number of rotatable bonds is 1. The standard InChI is InChI=1S/C21H34O2/c1-4-15-18(22)19(23)17-14-9-8-13-7-5-6-11-20(13,2)16(14)10-12-21(15,17)3/h13-18,22H,4-12H2,1-3H3/t13?,14-,15+,16+,17-,18?,20+,21-/m1/s1. The van der Waals surface area contributed by atoms with Crippen molar-refractivity contribution in [3.05, 3.63) is 0 Å². The molecule has 0 radical (unpaired) electrons. The third kappa shape index (κ3) is 2.00. The molecule has 2 nitrogen and oxygen atoms in total. The van der Waals surface area contributed by atoms with Crippen molar-refractivity contribution in [2.45, 2.75) is 84.7 Å². The number of carbonyl (C=O) groups excluding carboxylic acids is 1. The van der Waals surface area contributed by atoms with Crippen molar-refractivity contribution < 1.29 is 9.90 Å². The summed E-state index contributed by atoms with van der Waals surface area (Å²) in [7, 11) is 0. The molecule has 0 aromatic carbocycles. The van der Waals surface area contributed by atoms with Gasteiger partial charge in [0.15, 0.2) is 5.78 Å². The van der Waals surface area contributed by atoms with Gasteiger partial charge >= 0.3 is 0 Å². The molecule has 8 atom stereocenters. The summed E-state index contributed by atoms with van der Waals surface area (Å²) in [5, 5.41) is 10.6. The number of hydrogen-bond acceptors (Lipinski definition) is 2. The summed E-state index contributed by atoms with van der Waals surface area (Å²) in [6.45, 7) is 7.02. The first kappa shape index (κ1) is 16.1. The van der Waals surface area contributed by atoms with Gasteiger partial charge in [0.25, 0.3) is 0 Å². The van der Waals surface area contributed by atoms with Crippen molar-refractivity contribution in [1.29, 1.82) is 0 Å². The van der Waals surface area contributed by atoms with Crippen LogP contribution in [0.15, 0.2) is 0 Å². The predicted molar refractivity (Wildman–Crippen MR) is 91.9 cm³/mol. The molecule has 2 unspecified atom stereocenters. The van der Waals surface area contributed by atoms with Crippen LogP contribution in [0.25, 0.3) is 0 Å². The third-order valence-electron chi connectivity index (χ3n) is 9.06. The highest BCUT2D eigenvalue weighted by atomic mass is 16.3. The monoisotopic (exact) mass is 318 g/mol. The van der Waals surface area contributed by atoms with Crippen LogP contribution in [-0.2, 0) is 4.79 Å². The van der Waals surface area contributed by atoms with Gasteiger partial charge in [0, 0.05) is 5.92 Å². The Kier molecular flexibility index (Phi) is 3.72. The Labute approximate surface area is 141 Å². The summed E-state index contributed by atoms with van der Waals surface area (Å²) in [4.78, 5) is 13.0. The Morgan fingerprint density at radius 1 is 1.04 bits per heavy atom. The molecule has 0 spiro atoms.